The average molecular weight is 434 g/mol. The lowest BCUT2D eigenvalue weighted by molar-refractivity contribution is -0.150. The van der Waals surface area contributed by atoms with Crippen LogP contribution in [0.5, 0.6) is 0 Å². The Labute approximate surface area is 178 Å². The van der Waals surface area contributed by atoms with E-state index in [2.05, 4.69) is 15.3 Å². The first-order chi connectivity index (χ1) is 14.2. The number of rotatable bonds is 5. The van der Waals surface area contributed by atoms with Crippen molar-refractivity contribution in [1.29, 1.82) is 0 Å². The minimum Gasteiger partial charge on any atom is -0.390 e. The Hall–Kier alpha value is -1.54. The van der Waals surface area contributed by atoms with Crippen LogP contribution < -0.4 is 5.32 Å². The number of nitrogens with one attached hydrogen (secondary N) is 1. The minimum absolute atomic E-state index is 0.115. The van der Waals surface area contributed by atoms with Crippen molar-refractivity contribution in [3.05, 3.63) is 17.5 Å². The number of amides is 1. The lowest BCUT2D eigenvalue weighted by Gasteiger charge is -2.58. The van der Waals surface area contributed by atoms with E-state index in [-0.39, 0.29) is 17.0 Å². The van der Waals surface area contributed by atoms with Crippen LogP contribution in [0.2, 0.25) is 0 Å². The predicted molar refractivity (Wildman–Crippen MR) is 111 cm³/mol. The molecular formula is C22H31N3O4S. The van der Waals surface area contributed by atoms with Crippen molar-refractivity contribution in [3.63, 3.8) is 0 Å². The standard InChI is InChI=1S/C22H31N3O4S/c1-30(28,29)21-24-12-18(19(25-21)14-4-2-3-5-14)20(26)23-11-17-15-6-13-7-16(17)10-22(27,8-13)9-15/h12-17,27H,2-11H2,1H3,(H,23,26). The molecule has 5 aliphatic carbocycles. The Morgan fingerprint density at radius 3 is 2.47 bits per heavy atom. The fourth-order valence-electron chi connectivity index (χ4n) is 6.97. The van der Waals surface area contributed by atoms with Crippen molar-refractivity contribution in [2.45, 2.75) is 74.5 Å². The van der Waals surface area contributed by atoms with Crippen LogP contribution in [0.3, 0.4) is 0 Å². The lowest BCUT2D eigenvalue weighted by atomic mass is 9.50. The van der Waals surface area contributed by atoms with Gasteiger partial charge in [0.1, 0.15) is 0 Å². The summed E-state index contributed by atoms with van der Waals surface area (Å²) in [6, 6.07) is 0. The molecule has 0 saturated heterocycles. The Morgan fingerprint density at radius 2 is 1.87 bits per heavy atom. The Kier molecular flexibility index (Phi) is 4.93. The highest BCUT2D eigenvalue weighted by Gasteiger charge is 2.54. The number of nitrogens with zero attached hydrogens (tertiary/aromatic N) is 2. The van der Waals surface area contributed by atoms with E-state index >= 15 is 0 Å². The molecule has 5 aliphatic rings. The quantitative estimate of drug-likeness (QED) is 0.691. The highest BCUT2D eigenvalue weighted by atomic mass is 32.2. The summed E-state index contributed by atoms with van der Waals surface area (Å²) in [7, 11) is -3.52. The molecule has 0 aromatic carbocycles. The molecule has 4 bridgehead atoms. The first-order valence-electron chi connectivity index (χ1n) is 11.3. The van der Waals surface area contributed by atoms with Gasteiger partial charge in [0.15, 0.2) is 0 Å². The van der Waals surface area contributed by atoms with E-state index in [4.69, 9.17) is 0 Å². The first kappa shape index (κ1) is 20.4. The van der Waals surface area contributed by atoms with Gasteiger partial charge in [-0.1, -0.05) is 12.8 Å². The summed E-state index contributed by atoms with van der Waals surface area (Å²) in [6.45, 7) is 0.606. The van der Waals surface area contributed by atoms with E-state index in [9.17, 15) is 18.3 Å². The van der Waals surface area contributed by atoms with E-state index in [1.54, 1.807) is 0 Å². The summed E-state index contributed by atoms with van der Waals surface area (Å²) >= 11 is 0. The average Bonchev–Trinajstić information content (AvgIpc) is 3.19. The van der Waals surface area contributed by atoms with Crippen LogP contribution in [0.25, 0.3) is 0 Å². The normalized spacial score (nSPS) is 35.7. The minimum atomic E-state index is -3.52. The summed E-state index contributed by atoms with van der Waals surface area (Å²) in [6.07, 6.45) is 11.5. The molecule has 2 atom stereocenters. The molecule has 5 fully saturated rings. The third kappa shape index (κ3) is 3.66. The number of sulfone groups is 1. The number of aliphatic hydroxyl groups is 1. The monoisotopic (exact) mass is 433 g/mol. The Balaban J connectivity index is 1.34. The van der Waals surface area contributed by atoms with Crippen LogP contribution in [0.15, 0.2) is 11.4 Å². The number of aromatic nitrogens is 2. The molecule has 0 spiro atoms. The van der Waals surface area contributed by atoms with Gasteiger partial charge >= 0.3 is 0 Å². The van der Waals surface area contributed by atoms with Crippen molar-refractivity contribution in [2.24, 2.45) is 23.7 Å². The molecule has 2 N–H and O–H groups in total. The fourth-order valence-corrected chi connectivity index (χ4v) is 7.48. The van der Waals surface area contributed by atoms with E-state index < -0.39 is 15.4 Å². The molecule has 0 radical (unpaired) electrons. The molecule has 164 valence electrons. The molecule has 0 aliphatic heterocycles. The third-order valence-corrected chi connectivity index (χ3v) is 8.91. The largest absolute Gasteiger partial charge is 0.390 e. The lowest BCUT2D eigenvalue weighted by Crippen LogP contribution is -2.56. The second-order valence-electron chi connectivity index (χ2n) is 10.3. The maximum absolute atomic E-state index is 13.1. The zero-order valence-electron chi connectivity index (χ0n) is 17.5. The molecule has 5 saturated carbocycles. The smallest absolute Gasteiger partial charge is 0.254 e. The third-order valence-electron chi connectivity index (χ3n) is 8.05. The van der Waals surface area contributed by atoms with Gasteiger partial charge in [-0.15, -0.1) is 0 Å². The molecule has 1 aromatic heterocycles. The molecule has 8 heteroatoms. The van der Waals surface area contributed by atoms with Crippen LogP contribution in [0.1, 0.15) is 79.8 Å². The molecular weight excluding hydrogens is 402 g/mol. The van der Waals surface area contributed by atoms with Gasteiger partial charge in [-0.3, -0.25) is 4.79 Å². The summed E-state index contributed by atoms with van der Waals surface area (Å²) in [5, 5.41) is 13.7. The maximum atomic E-state index is 13.1. The Morgan fingerprint density at radius 1 is 1.20 bits per heavy atom. The van der Waals surface area contributed by atoms with Crippen molar-refractivity contribution in [1.82, 2.24) is 15.3 Å². The topological polar surface area (TPSA) is 109 Å². The number of carbonyl (C=O) groups excluding carboxylic acids is 1. The van der Waals surface area contributed by atoms with Crippen LogP contribution >= 0.6 is 0 Å². The van der Waals surface area contributed by atoms with Crippen LogP contribution in [-0.4, -0.2) is 47.8 Å². The molecule has 7 nitrogen and oxygen atoms in total. The second-order valence-corrected chi connectivity index (χ2v) is 12.2. The van der Waals surface area contributed by atoms with E-state index in [1.807, 2.05) is 0 Å². The Bertz CT molecular complexity index is 941. The molecule has 1 aromatic rings. The highest BCUT2D eigenvalue weighted by molar-refractivity contribution is 7.90. The predicted octanol–water partition coefficient (Wildman–Crippen LogP) is 2.45. The van der Waals surface area contributed by atoms with Crippen LogP contribution in [0.4, 0.5) is 0 Å². The maximum Gasteiger partial charge on any atom is 0.254 e. The fraction of sp³-hybridized carbons (Fsp3) is 0.773. The van der Waals surface area contributed by atoms with Crippen molar-refractivity contribution in [3.8, 4) is 0 Å². The number of hydrogen-bond acceptors (Lipinski definition) is 6. The van der Waals surface area contributed by atoms with Gasteiger partial charge in [0.25, 0.3) is 5.91 Å². The van der Waals surface area contributed by atoms with Crippen LogP contribution in [-0.2, 0) is 9.84 Å². The summed E-state index contributed by atoms with van der Waals surface area (Å²) in [5.74, 6) is 1.94. The number of carbonyl (C=O) groups is 1. The van der Waals surface area contributed by atoms with Gasteiger partial charge in [-0.2, -0.15) is 0 Å². The first-order valence-corrected chi connectivity index (χ1v) is 13.2. The second kappa shape index (κ2) is 7.26. The van der Waals surface area contributed by atoms with Crippen molar-refractivity contribution in [2.75, 3.05) is 12.8 Å². The zero-order valence-corrected chi connectivity index (χ0v) is 18.3. The molecule has 6 rings (SSSR count). The van der Waals surface area contributed by atoms with Gasteiger partial charge in [0.05, 0.1) is 16.9 Å². The van der Waals surface area contributed by atoms with Gasteiger partial charge < -0.3 is 10.4 Å². The van der Waals surface area contributed by atoms with Crippen molar-refractivity contribution < 1.29 is 18.3 Å². The highest BCUT2D eigenvalue weighted by Crippen LogP contribution is 2.58. The molecule has 2 unspecified atom stereocenters. The summed E-state index contributed by atoms with van der Waals surface area (Å²) < 4.78 is 23.9. The van der Waals surface area contributed by atoms with E-state index in [0.29, 0.717) is 41.5 Å². The SMILES string of the molecule is CS(=O)(=O)c1ncc(C(=O)NCC2C3CC4CC2CC(O)(C4)C3)c(C2CCCC2)n1. The summed E-state index contributed by atoms with van der Waals surface area (Å²) in [4.78, 5) is 21.4. The summed E-state index contributed by atoms with van der Waals surface area (Å²) in [5.41, 5.74) is 0.527. The zero-order chi connectivity index (χ0) is 21.1. The van der Waals surface area contributed by atoms with E-state index in [0.717, 1.165) is 51.2 Å². The van der Waals surface area contributed by atoms with Crippen LogP contribution in [0, 0.1) is 23.7 Å². The van der Waals surface area contributed by atoms with Gasteiger partial charge in [0, 0.05) is 24.9 Å². The molecule has 1 heterocycles. The molecule has 1 amide bonds. The number of hydrogen-bond donors (Lipinski definition) is 2. The van der Waals surface area contributed by atoms with E-state index in [1.165, 1.54) is 19.0 Å². The van der Waals surface area contributed by atoms with Gasteiger partial charge in [-0.05, 0) is 68.6 Å². The molecule has 30 heavy (non-hydrogen) atoms. The van der Waals surface area contributed by atoms with Gasteiger partial charge in [0.2, 0.25) is 15.0 Å². The van der Waals surface area contributed by atoms with Gasteiger partial charge in [-0.25, -0.2) is 18.4 Å². The van der Waals surface area contributed by atoms with Crippen molar-refractivity contribution >= 4 is 15.7 Å².